The number of alkyl halides is 1. The third-order valence-corrected chi connectivity index (χ3v) is 4.68. The van der Waals surface area contributed by atoms with Crippen molar-refractivity contribution in [2.24, 2.45) is 0 Å². The van der Waals surface area contributed by atoms with Gasteiger partial charge in [-0.05, 0) is 24.3 Å². The van der Waals surface area contributed by atoms with Crippen LogP contribution in [0.1, 0.15) is 25.7 Å². The van der Waals surface area contributed by atoms with Gasteiger partial charge in [-0.3, -0.25) is 0 Å². The second kappa shape index (κ2) is 4.78. The fraction of sp³-hybridized carbons (Fsp3) is 0.500. The lowest BCUT2D eigenvalue weighted by molar-refractivity contribution is 0.469. The van der Waals surface area contributed by atoms with Gasteiger partial charge in [-0.25, -0.2) is 9.97 Å². The molecule has 2 heterocycles. The Bertz CT molecular complexity index is 513. The van der Waals surface area contributed by atoms with Crippen LogP contribution in [0.25, 0.3) is 10.2 Å². The van der Waals surface area contributed by atoms with Gasteiger partial charge in [0, 0.05) is 6.04 Å². The van der Waals surface area contributed by atoms with E-state index in [0.29, 0.717) is 6.04 Å². The molecule has 2 aromatic rings. The Kier molecular flexibility index (Phi) is 3.16. The van der Waals surface area contributed by atoms with Gasteiger partial charge in [0.2, 0.25) is 0 Å². The van der Waals surface area contributed by atoms with Gasteiger partial charge in [-0.15, -0.1) is 22.9 Å². The van der Waals surface area contributed by atoms with Crippen molar-refractivity contribution >= 4 is 39.0 Å². The average molecular weight is 268 g/mol. The first kappa shape index (κ1) is 11.2. The molecular weight excluding hydrogens is 254 g/mol. The summed E-state index contributed by atoms with van der Waals surface area (Å²) >= 11 is 8.03. The predicted molar refractivity (Wildman–Crippen MR) is 72.9 cm³/mol. The van der Waals surface area contributed by atoms with Crippen LogP contribution in [0.15, 0.2) is 17.8 Å². The van der Waals surface area contributed by atoms with E-state index in [1.54, 1.807) is 17.7 Å². The minimum Gasteiger partial charge on any atom is -0.365 e. The van der Waals surface area contributed by atoms with Crippen molar-refractivity contribution in [1.29, 1.82) is 0 Å². The monoisotopic (exact) mass is 267 g/mol. The lowest BCUT2D eigenvalue weighted by Crippen LogP contribution is -2.33. The summed E-state index contributed by atoms with van der Waals surface area (Å²) in [6.45, 7) is 0. The number of fused-ring (bicyclic) bond motifs is 1. The zero-order chi connectivity index (χ0) is 11.7. The molecule has 1 saturated carbocycles. The van der Waals surface area contributed by atoms with Crippen LogP contribution in [-0.4, -0.2) is 21.4 Å². The quantitative estimate of drug-likeness (QED) is 0.844. The fourth-order valence-electron chi connectivity index (χ4n) is 2.32. The Morgan fingerprint density at radius 2 is 2.18 bits per heavy atom. The number of nitrogens with zero attached hydrogens (tertiary/aromatic N) is 2. The molecule has 1 aliphatic carbocycles. The standard InChI is InChI=1S/C12H14ClN3S/c13-8-3-1-2-4-9(8)16-12-11-10(5-6-17-11)14-7-15-12/h5-9H,1-4H2,(H,14,15,16). The maximum absolute atomic E-state index is 6.36. The number of thiophene rings is 1. The van der Waals surface area contributed by atoms with Crippen LogP contribution in [-0.2, 0) is 0 Å². The van der Waals surface area contributed by atoms with Crippen LogP contribution in [0.4, 0.5) is 5.82 Å². The van der Waals surface area contributed by atoms with E-state index in [9.17, 15) is 0 Å². The molecule has 3 rings (SSSR count). The van der Waals surface area contributed by atoms with Crippen LogP contribution in [0, 0.1) is 0 Å². The summed E-state index contributed by atoms with van der Waals surface area (Å²) in [6, 6.07) is 2.36. The van der Waals surface area contributed by atoms with Gasteiger partial charge in [0.1, 0.15) is 12.1 Å². The summed E-state index contributed by atoms with van der Waals surface area (Å²) < 4.78 is 1.13. The highest BCUT2D eigenvalue weighted by Gasteiger charge is 2.23. The molecular formula is C12H14ClN3S. The maximum atomic E-state index is 6.36. The normalized spacial score (nSPS) is 25.0. The molecule has 90 valence electrons. The molecule has 5 heteroatoms. The average Bonchev–Trinajstić information content (AvgIpc) is 2.81. The molecule has 1 aliphatic rings. The summed E-state index contributed by atoms with van der Waals surface area (Å²) in [5.41, 5.74) is 1.01. The summed E-state index contributed by atoms with van der Waals surface area (Å²) in [4.78, 5) is 8.58. The first-order valence-electron chi connectivity index (χ1n) is 5.93. The van der Waals surface area contributed by atoms with Crippen molar-refractivity contribution in [2.75, 3.05) is 5.32 Å². The second-order valence-corrected chi connectivity index (χ2v) is 5.89. The third kappa shape index (κ3) is 2.24. The van der Waals surface area contributed by atoms with Gasteiger partial charge in [-0.1, -0.05) is 12.8 Å². The maximum Gasteiger partial charge on any atom is 0.147 e. The molecule has 2 aromatic heterocycles. The minimum atomic E-state index is 0.216. The van der Waals surface area contributed by atoms with Crippen LogP contribution in [0.3, 0.4) is 0 Å². The summed E-state index contributed by atoms with van der Waals surface area (Å²) in [5, 5.41) is 5.75. The highest BCUT2D eigenvalue weighted by molar-refractivity contribution is 7.17. The van der Waals surface area contributed by atoms with Crippen LogP contribution >= 0.6 is 22.9 Å². The van der Waals surface area contributed by atoms with E-state index in [0.717, 1.165) is 28.9 Å². The molecule has 1 fully saturated rings. The van der Waals surface area contributed by atoms with Crippen molar-refractivity contribution in [2.45, 2.75) is 37.1 Å². The van der Waals surface area contributed by atoms with Gasteiger partial charge >= 0.3 is 0 Å². The zero-order valence-electron chi connectivity index (χ0n) is 9.40. The van der Waals surface area contributed by atoms with E-state index in [2.05, 4.69) is 15.3 Å². The molecule has 3 nitrogen and oxygen atoms in total. The van der Waals surface area contributed by atoms with E-state index in [1.165, 1.54) is 12.8 Å². The second-order valence-electron chi connectivity index (χ2n) is 4.41. The molecule has 2 unspecified atom stereocenters. The van der Waals surface area contributed by atoms with Gasteiger partial charge in [0.25, 0.3) is 0 Å². The molecule has 0 aromatic carbocycles. The summed E-state index contributed by atoms with van der Waals surface area (Å²) in [5.74, 6) is 0.933. The van der Waals surface area contributed by atoms with Crippen LogP contribution < -0.4 is 5.32 Å². The highest BCUT2D eigenvalue weighted by atomic mass is 35.5. The van der Waals surface area contributed by atoms with Gasteiger partial charge in [0.05, 0.1) is 15.6 Å². The van der Waals surface area contributed by atoms with E-state index in [-0.39, 0.29) is 5.38 Å². The molecule has 17 heavy (non-hydrogen) atoms. The number of hydrogen-bond donors (Lipinski definition) is 1. The molecule has 2 atom stereocenters. The molecule has 0 bridgehead atoms. The largest absolute Gasteiger partial charge is 0.365 e. The topological polar surface area (TPSA) is 37.8 Å². The summed E-state index contributed by atoms with van der Waals surface area (Å²) in [7, 11) is 0. The predicted octanol–water partition coefficient (Wildman–Crippen LogP) is 3.65. The van der Waals surface area contributed by atoms with Crippen molar-refractivity contribution in [3.63, 3.8) is 0 Å². The summed E-state index contributed by atoms with van der Waals surface area (Å²) in [6.07, 6.45) is 6.33. The highest BCUT2D eigenvalue weighted by Crippen LogP contribution is 2.29. The third-order valence-electron chi connectivity index (χ3n) is 3.25. The van der Waals surface area contributed by atoms with Gasteiger partial charge in [-0.2, -0.15) is 0 Å². The van der Waals surface area contributed by atoms with Crippen molar-refractivity contribution in [3.05, 3.63) is 17.8 Å². The lowest BCUT2D eigenvalue weighted by atomic mass is 9.95. The van der Waals surface area contributed by atoms with E-state index in [1.807, 2.05) is 11.4 Å². The number of nitrogens with one attached hydrogen (secondary N) is 1. The Hall–Kier alpha value is -0.870. The van der Waals surface area contributed by atoms with Gasteiger partial charge in [0.15, 0.2) is 0 Å². The number of aromatic nitrogens is 2. The smallest absolute Gasteiger partial charge is 0.147 e. The Morgan fingerprint density at radius 1 is 1.29 bits per heavy atom. The van der Waals surface area contributed by atoms with Crippen molar-refractivity contribution in [1.82, 2.24) is 9.97 Å². The van der Waals surface area contributed by atoms with Crippen molar-refractivity contribution < 1.29 is 0 Å². The molecule has 0 radical (unpaired) electrons. The molecule has 0 amide bonds. The zero-order valence-corrected chi connectivity index (χ0v) is 11.0. The SMILES string of the molecule is ClC1CCCCC1Nc1ncnc2ccsc12. The molecule has 1 N–H and O–H groups in total. The van der Waals surface area contributed by atoms with Crippen LogP contribution in [0.5, 0.6) is 0 Å². The first-order chi connectivity index (χ1) is 8.34. The Morgan fingerprint density at radius 3 is 3.06 bits per heavy atom. The van der Waals surface area contributed by atoms with Crippen LogP contribution in [0.2, 0.25) is 0 Å². The van der Waals surface area contributed by atoms with Gasteiger partial charge < -0.3 is 5.32 Å². The Labute approximate surface area is 109 Å². The van der Waals surface area contributed by atoms with Crippen molar-refractivity contribution in [3.8, 4) is 0 Å². The number of rotatable bonds is 2. The minimum absolute atomic E-state index is 0.216. The first-order valence-corrected chi connectivity index (χ1v) is 7.25. The number of anilines is 1. The number of halogens is 1. The van der Waals surface area contributed by atoms with E-state index < -0.39 is 0 Å². The molecule has 0 spiro atoms. The fourth-order valence-corrected chi connectivity index (χ4v) is 3.46. The van der Waals surface area contributed by atoms with E-state index >= 15 is 0 Å². The lowest BCUT2D eigenvalue weighted by Gasteiger charge is -2.28. The Balaban J connectivity index is 1.86. The molecule has 0 saturated heterocycles. The van der Waals surface area contributed by atoms with E-state index in [4.69, 9.17) is 11.6 Å². The molecule has 0 aliphatic heterocycles. The number of hydrogen-bond acceptors (Lipinski definition) is 4.